The molecule has 1 aromatic heterocycles. The second-order valence-corrected chi connectivity index (χ2v) is 7.03. The molecule has 6 nitrogen and oxygen atoms in total. The van der Waals surface area contributed by atoms with Gasteiger partial charge >= 0.3 is 0 Å². The number of nitrogens with zero attached hydrogens (tertiary/aromatic N) is 1. The molecule has 6 heteroatoms. The van der Waals surface area contributed by atoms with Gasteiger partial charge in [0.25, 0.3) is 5.91 Å². The Balaban J connectivity index is 2.64. The first-order valence-electron chi connectivity index (χ1n) is 8.62. The number of rotatable bonds is 9. The third kappa shape index (κ3) is 6.74. The van der Waals surface area contributed by atoms with Crippen molar-refractivity contribution in [1.82, 2.24) is 10.2 Å². The van der Waals surface area contributed by atoms with Crippen molar-refractivity contribution < 1.29 is 18.9 Å². The molecule has 0 radical (unpaired) electrons. The predicted octanol–water partition coefficient (Wildman–Crippen LogP) is 0.645. The van der Waals surface area contributed by atoms with E-state index in [1.54, 1.807) is 17.9 Å². The van der Waals surface area contributed by atoms with E-state index in [1.807, 2.05) is 21.0 Å². The van der Waals surface area contributed by atoms with Crippen LogP contribution < -0.4 is 10.2 Å². The molecule has 2 N–H and O–H groups in total. The van der Waals surface area contributed by atoms with Crippen molar-refractivity contribution in [3.8, 4) is 0 Å². The number of carbonyl (C=O) groups excluding carboxylic acids is 2. The van der Waals surface area contributed by atoms with Gasteiger partial charge in [-0.15, -0.1) is 0 Å². The Morgan fingerprint density at radius 1 is 1.29 bits per heavy atom. The van der Waals surface area contributed by atoms with Gasteiger partial charge in [-0.05, 0) is 25.8 Å². The normalized spacial score (nSPS) is 11.2. The van der Waals surface area contributed by atoms with Gasteiger partial charge in [-0.25, -0.2) is 0 Å². The maximum atomic E-state index is 12.8. The van der Waals surface area contributed by atoms with E-state index in [0.29, 0.717) is 43.3 Å². The highest BCUT2D eigenvalue weighted by Gasteiger charge is 2.21. The van der Waals surface area contributed by atoms with Crippen molar-refractivity contribution in [2.45, 2.75) is 34.1 Å². The average Bonchev–Trinajstić information content (AvgIpc) is 2.80. The Bertz CT molecular complexity index is 550. The lowest BCUT2D eigenvalue weighted by Crippen LogP contribution is -3.06. The van der Waals surface area contributed by atoms with Crippen LogP contribution in [0.5, 0.6) is 0 Å². The minimum Gasteiger partial charge on any atom is -0.466 e. The first kappa shape index (κ1) is 20.2. The Kier molecular flexibility index (Phi) is 7.98. The van der Waals surface area contributed by atoms with Crippen molar-refractivity contribution >= 4 is 11.8 Å². The summed E-state index contributed by atoms with van der Waals surface area (Å²) in [5.41, 5.74) is 0.588. The van der Waals surface area contributed by atoms with Gasteiger partial charge < -0.3 is 19.5 Å². The van der Waals surface area contributed by atoms with Crippen LogP contribution in [0.3, 0.4) is 0 Å². The summed E-state index contributed by atoms with van der Waals surface area (Å²) >= 11 is 0. The van der Waals surface area contributed by atoms with Crippen LogP contribution in [0.25, 0.3) is 0 Å². The van der Waals surface area contributed by atoms with Crippen molar-refractivity contribution in [2.75, 3.05) is 40.3 Å². The molecule has 0 saturated heterocycles. The average molecular weight is 338 g/mol. The number of hydrogen-bond donors (Lipinski definition) is 2. The highest BCUT2D eigenvalue weighted by atomic mass is 16.3. The van der Waals surface area contributed by atoms with Gasteiger partial charge in [0.05, 0.1) is 32.7 Å². The number of aryl methyl sites for hydroxylation is 2. The van der Waals surface area contributed by atoms with Crippen LogP contribution in [0.15, 0.2) is 10.5 Å². The molecule has 0 saturated carbocycles. The van der Waals surface area contributed by atoms with Crippen LogP contribution >= 0.6 is 0 Å². The first-order chi connectivity index (χ1) is 11.2. The van der Waals surface area contributed by atoms with Gasteiger partial charge in [0.2, 0.25) is 5.91 Å². The van der Waals surface area contributed by atoms with Crippen LogP contribution in [-0.2, 0) is 4.79 Å². The van der Waals surface area contributed by atoms with E-state index in [-0.39, 0.29) is 11.8 Å². The zero-order valence-electron chi connectivity index (χ0n) is 15.9. The number of quaternary nitrogens is 1. The quantitative estimate of drug-likeness (QED) is 0.695. The van der Waals surface area contributed by atoms with Gasteiger partial charge in [-0.1, -0.05) is 13.8 Å². The Labute approximate surface area is 145 Å². The van der Waals surface area contributed by atoms with Crippen LogP contribution in [0.2, 0.25) is 0 Å². The molecule has 1 aromatic rings. The van der Waals surface area contributed by atoms with Crippen molar-refractivity contribution in [3.05, 3.63) is 23.2 Å². The van der Waals surface area contributed by atoms with E-state index < -0.39 is 0 Å². The first-order valence-corrected chi connectivity index (χ1v) is 8.62. The number of likely N-dealkylation sites (N-methyl/N-ethyl adjacent to an activating group) is 1. The van der Waals surface area contributed by atoms with Gasteiger partial charge in [0.15, 0.2) is 0 Å². The van der Waals surface area contributed by atoms with Crippen LogP contribution in [-0.4, -0.2) is 57.0 Å². The summed E-state index contributed by atoms with van der Waals surface area (Å²) in [7, 11) is 4.09. The lowest BCUT2D eigenvalue weighted by atomic mass is 10.1. The fourth-order valence-electron chi connectivity index (χ4n) is 2.51. The van der Waals surface area contributed by atoms with E-state index in [4.69, 9.17) is 4.42 Å². The van der Waals surface area contributed by atoms with Gasteiger partial charge in [0.1, 0.15) is 11.5 Å². The molecule has 0 bridgehead atoms. The van der Waals surface area contributed by atoms with Crippen molar-refractivity contribution in [2.24, 2.45) is 5.92 Å². The van der Waals surface area contributed by atoms with Gasteiger partial charge in [-0.3, -0.25) is 9.59 Å². The molecule has 136 valence electrons. The zero-order valence-corrected chi connectivity index (χ0v) is 15.9. The summed E-state index contributed by atoms with van der Waals surface area (Å²) in [6.07, 6.45) is 0.317. The Hall–Kier alpha value is -1.82. The van der Waals surface area contributed by atoms with Crippen LogP contribution in [0, 0.1) is 19.8 Å². The highest BCUT2D eigenvalue weighted by Crippen LogP contribution is 2.17. The minimum absolute atomic E-state index is 0.0158. The molecule has 1 rings (SSSR count). The zero-order chi connectivity index (χ0) is 18.3. The molecule has 0 fully saturated rings. The third-order valence-electron chi connectivity index (χ3n) is 3.70. The van der Waals surface area contributed by atoms with E-state index in [1.165, 1.54) is 4.90 Å². The molecule has 24 heavy (non-hydrogen) atoms. The largest absolute Gasteiger partial charge is 0.466 e. The highest BCUT2D eigenvalue weighted by molar-refractivity contribution is 5.95. The maximum absolute atomic E-state index is 12.8. The summed E-state index contributed by atoms with van der Waals surface area (Å²) in [5, 5.41) is 2.90. The lowest BCUT2D eigenvalue weighted by Gasteiger charge is -2.24. The molecule has 0 aliphatic heterocycles. The number of furan rings is 1. The second-order valence-electron chi connectivity index (χ2n) is 7.03. The summed E-state index contributed by atoms with van der Waals surface area (Å²) in [5.74, 6) is 1.61. The maximum Gasteiger partial charge on any atom is 0.257 e. The molecule has 0 atom stereocenters. The van der Waals surface area contributed by atoms with E-state index in [9.17, 15) is 9.59 Å². The molecule has 2 amide bonds. The third-order valence-corrected chi connectivity index (χ3v) is 3.70. The SMILES string of the molecule is Cc1cc(C(=O)N(CCC(=O)NCC[NH+](C)C)CC(C)C)c(C)o1. The van der Waals surface area contributed by atoms with E-state index >= 15 is 0 Å². The monoisotopic (exact) mass is 338 g/mol. The van der Waals surface area contributed by atoms with Crippen molar-refractivity contribution in [1.29, 1.82) is 0 Å². The van der Waals surface area contributed by atoms with Crippen LogP contribution in [0.1, 0.15) is 42.1 Å². The molecule has 0 spiro atoms. The Morgan fingerprint density at radius 3 is 2.46 bits per heavy atom. The fourth-order valence-corrected chi connectivity index (χ4v) is 2.51. The minimum atomic E-state index is -0.0661. The Morgan fingerprint density at radius 2 is 1.96 bits per heavy atom. The van der Waals surface area contributed by atoms with Crippen LogP contribution in [0.4, 0.5) is 0 Å². The smallest absolute Gasteiger partial charge is 0.257 e. The summed E-state index contributed by atoms with van der Waals surface area (Å²) < 4.78 is 5.46. The molecular weight excluding hydrogens is 306 g/mol. The topological polar surface area (TPSA) is 67.0 Å². The molecule has 0 aromatic carbocycles. The summed E-state index contributed by atoms with van der Waals surface area (Å²) in [4.78, 5) is 27.8. The van der Waals surface area contributed by atoms with Gasteiger partial charge in [-0.2, -0.15) is 0 Å². The number of hydrogen-bond acceptors (Lipinski definition) is 3. The lowest BCUT2D eigenvalue weighted by molar-refractivity contribution is -0.856. The number of nitrogens with one attached hydrogen (secondary N) is 2. The van der Waals surface area contributed by atoms with Gasteiger partial charge in [0, 0.05) is 19.5 Å². The van der Waals surface area contributed by atoms with E-state index in [2.05, 4.69) is 19.2 Å². The summed E-state index contributed by atoms with van der Waals surface area (Å²) in [6.45, 7) is 10.3. The van der Waals surface area contributed by atoms with E-state index in [0.717, 1.165) is 12.3 Å². The van der Waals surface area contributed by atoms with Crippen molar-refractivity contribution in [3.63, 3.8) is 0 Å². The molecular formula is C18H32N3O3+. The molecule has 0 aliphatic carbocycles. The molecule has 0 unspecified atom stereocenters. The fraction of sp³-hybridized carbons (Fsp3) is 0.667. The standard InChI is InChI=1S/C18H31N3O3/c1-13(2)12-21(9-7-17(22)19-8-10-20(5)6)18(23)16-11-14(3)24-15(16)4/h11,13H,7-10,12H2,1-6H3,(H,19,22)/p+1. The molecule has 0 aliphatic rings. The number of amides is 2. The molecule has 1 heterocycles. The number of carbonyl (C=O) groups is 2. The predicted molar refractivity (Wildman–Crippen MR) is 94.2 cm³/mol. The second kappa shape index (κ2) is 9.47. The summed E-state index contributed by atoms with van der Waals surface area (Å²) in [6, 6.07) is 1.77.